The van der Waals surface area contributed by atoms with Gasteiger partial charge in [0.25, 0.3) is 0 Å². The van der Waals surface area contributed by atoms with E-state index in [0.29, 0.717) is 19.4 Å². The molecule has 2 aliphatic rings. The number of fused-ring (bicyclic) bond motifs is 2. The molecule has 8 heteroatoms. The van der Waals surface area contributed by atoms with E-state index in [-0.39, 0.29) is 18.7 Å². The van der Waals surface area contributed by atoms with Gasteiger partial charge in [-0.2, -0.15) is 0 Å². The van der Waals surface area contributed by atoms with Crippen LogP contribution in [0.15, 0.2) is 35.7 Å². The fourth-order valence-corrected chi connectivity index (χ4v) is 5.49. The summed E-state index contributed by atoms with van der Waals surface area (Å²) in [6.45, 7) is 3.45. The van der Waals surface area contributed by atoms with Crippen molar-refractivity contribution in [2.24, 2.45) is 0 Å². The number of esters is 1. The van der Waals surface area contributed by atoms with Gasteiger partial charge in [-0.1, -0.05) is 12.1 Å². The second-order valence-electron chi connectivity index (χ2n) is 8.95. The monoisotopic (exact) mass is 493 g/mol. The number of rotatable bonds is 10. The van der Waals surface area contributed by atoms with Crippen molar-refractivity contribution in [3.05, 3.63) is 63.2 Å². The lowest BCUT2D eigenvalue weighted by molar-refractivity contribution is -0.143. The third-order valence-corrected chi connectivity index (χ3v) is 7.37. The molecule has 184 valence electrons. The molecular formula is C27H31N3O4S. The Balaban J connectivity index is 1.21. The molecule has 0 fully saturated rings. The summed E-state index contributed by atoms with van der Waals surface area (Å²) >= 11 is 1.69. The molecule has 1 unspecified atom stereocenters. The third-order valence-electron chi connectivity index (χ3n) is 6.42. The van der Waals surface area contributed by atoms with Gasteiger partial charge in [0.2, 0.25) is 6.79 Å². The highest BCUT2D eigenvalue weighted by molar-refractivity contribution is 7.09. The topological polar surface area (TPSA) is 82.6 Å². The Morgan fingerprint density at radius 3 is 2.97 bits per heavy atom. The zero-order valence-corrected chi connectivity index (χ0v) is 20.9. The highest BCUT2D eigenvalue weighted by atomic mass is 32.1. The van der Waals surface area contributed by atoms with Gasteiger partial charge in [0.05, 0.1) is 23.7 Å². The molecule has 0 aliphatic carbocycles. The maximum absolute atomic E-state index is 12.3. The van der Waals surface area contributed by atoms with Gasteiger partial charge in [-0.15, -0.1) is 11.3 Å². The first-order valence-electron chi connectivity index (χ1n) is 12.4. The van der Waals surface area contributed by atoms with E-state index in [1.807, 2.05) is 25.1 Å². The molecule has 7 nitrogen and oxygen atoms in total. The van der Waals surface area contributed by atoms with Crippen LogP contribution >= 0.6 is 11.3 Å². The average Bonchev–Trinajstić information content (AvgIpc) is 3.52. The number of aryl methyl sites for hydroxylation is 3. The summed E-state index contributed by atoms with van der Waals surface area (Å²) in [5.41, 5.74) is 4.49. The first-order valence-corrected chi connectivity index (χ1v) is 13.3. The van der Waals surface area contributed by atoms with Crippen LogP contribution in [0.25, 0.3) is 0 Å². The van der Waals surface area contributed by atoms with Crippen molar-refractivity contribution in [3.8, 4) is 11.5 Å². The fraction of sp³-hybridized carbons (Fsp3) is 0.444. The van der Waals surface area contributed by atoms with Crippen LogP contribution in [0.2, 0.25) is 0 Å². The fourth-order valence-electron chi connectivity index (χ4n) is 4.63. The van der Waals surface area contributed by atoms with E-state index in [1.54, 1.807) is 11.3 Å². The Bertz CT molecular complexity index is 1180. The number of carbonyl (C=O) groups excluding carboxylic acids is 1. The van der Waals surface area contributed by atoms with Crippen LogP contribution in [0.3, 0.4) is 0 Å². The number of nitrogens with one attached hydrogen (secondary N) is 1. The quantitative estimate of drug-likeness (QED) is 0.394. The number of aromatic nitrogens is 2. The molecular weight excluding hydrogens is 462 g/mol. The van der Waals surface area contributed by atoms with Gasteiger partial charge >= 0.3 is 5.97 Å². The standard InChI is InChI=1S/C27H31N3O4S/c1-2-32-26(31)15-20(19-9-11-23-24(14-19)34-17-33-23)13-22-16-35-25(29-22)7-3-6-21-10-8-18-5-4-12-28-27(18)30-21/h8-11,14,16,20H,2-7,12-13,15,17H2,1H3,(H,28,30). The molecule has 0 saturated heterocycles. The molecule has 0 amide bonds. The number of thiazole rings is 1. The van der Waals surface area contributed by atoms with E-state index in [1.165, 1.54) is 12.0 Å². The SMILES string of the molecule is CCOC(=O)CC(Cc1csc(CCCc2ccc3c(n2)NCCC3)n1)c1ccc2c(c1)OCO2. The second kappa shape index (κ2) is 11.1. The molecule has 35 heavy (non-hydrogen) atoms. The van der Waals surface area contributed by atoms with Crippen LogP contribution in [-0.2, 0) is 35.2 Å². The number of hydrogen-bond donors (Lipinski definition) is 1. The molecule has 1 aromatic carbocycles. The molecule has 2 aliphatic heterocycles. The number of anilines is 1. The zero-order chi connectivity index (χ0) is 24.0. The van der Waals surface area contributed by atoms with Crippen molar-refractivity contribution in [1.82, 2.24) is 9.97 Å². The summed E-state index contributed by atoms with van der Waals surface area (Å²) in [5, 5.41) is 6.65. The van der Waals surface area contributed by atoms with E-state index in [0.717, 1.165) is 71.5 Å². The van der Waals surface area contributed by atoms with Gasteiger partial charge < -0.3 is 19.5 Å². The van der Waals surface area contributed by atoms with Crippen molar-refractivity contribution in [3.63, 3.8) is 0 Å². The smallest absolute Gasteiger partial charge is 0.306 e. The minimum Gasteiger partial charge on any atom is -0.466 e. The average molecular weight is 494 g/mol. The number of carbonyl (C=O) groups is 1. The van der Waals surface area contributed by atoms with E-state index in [2.05, 4.69) is 22.8 Å². The van der Waals surface area contributed by atoms with Gasteiger partial charge in [-0.25, -0.2) is 9.97 Å². The third kappa shape index (κ3) is 5.93. The van der Waals surface area contributed by atoms with Crippen LogP contribution in [0, 0.1) is 0 Å². The van der Waals surface area contributed by atoms with E-state index in [9.17, 15) is 4.79 Å². The van der Waals surface area contributed by atoms with Crippen molar-refractivity contribution in [2.45, 2.75) is 57.8 Å². The molecule has 5 rings (SSSR count). The van der Waals surface area contributed by atoms with E-state index in [4.69, 9.17) is 24.2 Å². The minimum absolute atomic E-state index is 0.0364. The molecule has 0 bridgehead atoms. The lowest BCUT2D eigenvalue weighted by Gasteiger charge is -2.17. The predicted octanol–water partition coefficient (Wildman–Crippen LogP) is 5.08. The molecule has 1 N–H and O–H groups in total. The Morgan fingerprint density at radius 1 is 1.14 bits per heavy atom. The van der Waals surface area contributed by atoms with Crippen molar-refractivity contribution in [1.29, 1.82) is 0 Å². The molecule has 0 spiro atoms. The summed E-state index contributed by atoms with van der Waals surface area (Å²) in [4.78, 5) is 22.0. The number of nitrogens with zero attached hydrogens (tertiary/aromatic N) is 2. The first-order chi connectivity index (χ1) is 17.2. The van der Waals surface area contributed by atoms with E-state index < -0.39 is 0 Å². The predicted molar refractivity (Wildman–Crippen MR) is 135 cm³/mol. The van der Waals surface area contributed by atoms with Crippen LogP contribution in [0.1, 0.15) is 59.6 Å². The minimum atomic E-state index is -0.197. The summed E-state index contributed by atoms with van der Waals surface area (Å²) in [6, 6.07) is 10.3. The highest BCUT2D eigenvalue weighted by Crippen LogP contribution is 2.36. The largest absolute Gasteiger partial charge is 0.466 e. The number of benzene rings is 1. The normalized spacial score (nSPS) is 14.8. The summed E-state index contributed by atoms with van der Waals surface area (Å²) in [6.07, 6.45) is 6.13. The molecule has 0 radical (unpaired) electrons. The second-order valence-corrected chi connectivity index (χ2v) is 9.89. The molecule has 0 saturated carbocycles. The lowest BCUT2D eigenvalue weighted by Crippen LogP contribution is -2.14. The van der Waals surface area contributed by atoms with Gasteiger partial charge in [-0.3, -0.25) is 4.79 Å². The van der Waals surface area contributed by atoms with Gasteiger partial charge in [0, 0.05) is 23.5 Å². The maximum Gasteiger partial charge on any atom is 0.306 e. The Hall–Kier alpha value is -3.13. The van der Waals surface area contributed by atoms with Crippen molar-refractivity contribution in [2.75, 3.05) is 25.3 Å². The van der Waals surface area contributed by atoms with E-state index >= 15 is 0 Å². The van der Waals surface area contributed by atoms with Crippen molar-refractivity contribution >= 4 is 23.1 Å². The van der Waals surface area contributed by atoms with Crippen LogP contribution < -0.4 is 14.8 Å². The van der Waals surface area contributed by atoms with Crippen molar-refractivity contribution < 1.29 is 19.0 Å². The van der Waals surface area contributed by atoms with Crippen LogP contribution in [0.5, 0.6) is 11.5 Å². The van der Waals surface area contributed by atoms with Gasteiger partial charge in [0.15, 0.2) is 11.5 Å². The first kappa shape index (κ1) is 23.6. The van der Waals surface area contributed by atoms with Crippen LogP contribution in [-0.4, -0.2) is 35.9 Å². The maximum atomic E-state index is 12.3. The van der Waals surface area contributed by atoms with Gasteiger partial charge in [0.1, 0.15) is 5.82 Å². The number of pyridine rings is 1. The summed E-state index contributed by atoms with van der Waals surface area (Å²) in [7, 11) is 0. The zero-order valence-electron chi connectivity index (χ0n) is 20.0. The molecule has 1 atom stereocenters. The molecule has 3 aromatic rings. The lowest BCUT2D eigenvalue weighted by atomic mass is 9.91. The molecule has 2 aromatic heterocycles. The number of hydrogen-bond acceptors (Lipinski definition) is 8. The Morgan fingerprint density at radius 2 is 2.06 bits per heavy atom. The number of ether oxygens (including phenoxy) is 3. The Kier molecular flexibility index (Phi) is 7.47. The summed E-state index contributed by atoms with van der Waals surface area (Å²) < 4.78 is 16.2. The highest BCUT2D eigenvalue weighted by Gasteiger charge is 2.22. The van der Waals surface area contributed by atoms with Gasteiger partial charge in [-0.05, 0) is 74.8 Å². The summed E-state index contributed by atoms with van der Waals surface area (Å²) in [5.74, 6) is 2.29. The van der Waals surface area contributed by atoms with Crippen LogP contribution in [0.4, 0.5) is 5.82 Å². The Labute approximate surface area is 209 Å². The molecule has 4 heterocycles.